The van der Waals surface area contributed by atoms with Crippen molar-refractivity contribution in [1.29, 1.82) is 0 Å². The van der Waals surface area contributed by atoms with Crippen LogP contribution in [0.5, 0.6) is 0 Å². The number of hydrogen-bond acceptors (Lipinski definition) is 5. The summed E-state index contributed by atoms with van der Waals surface area (Å²) in [6.07, 6.45) is 41.6. The largest absolute Gasteiger partial charge is 0.462 e. The molecule has 1 atom stereocenters. The molecule has 0 spiro atoms. The number of aliphatic hydroxyl groups excluding tert-OH is 1. The van der Waals surface area contributed by atoms with Crippen molar-refractivity contribution in [2.45, 2.75) is 238 Å². The van der Waals surface area contributed by atoms with Gasteiger partial charge in [-0.2, -0.15) is 0 Å². The SMILES string of the molecule is CCCCCCCCCCCCCCCCCCCC(=O)OC(CO)COC(=O)CCCCCCCCCCCCCCCCC. The average molecular weight is 653 g/mol. The Bertz CT molecular complexity index is 622. The van der Waals surface area contributed by atoms with Gasteiger partial charge in [0.1, 0.15) is 6.61 Å². The topological polar surface area (TPSA) is 72.8 Å². The van der Waals surface area contributed by atoms with E-state index in [2.05, 4.69) is 13.8 Å². The third kappa shape index (κ3) is 35.7. The molecule has 5 heteroatoms. The van der Waals surface area contributed by atoms with E-state index in [0.717, 1.165) is 32.1 Å². The van der Waals surface area contributed by atoms with E-state index in [9.17, 15) is 14.7 Å². The van der Waals surface area contributed by atoms with Crippen molar-refractivity contribution in [2.75, 3.05) is 13.2 Å². The van der Waals surface area contributed by atoms with E-state index in [0.29, 0.717) is 12.8 Å². The summed E-state index contributed by atoms with van der Waals surface area (Å²) in [5.41, 5.74) is 0. The van der Waals surface area contributed by atoms with Gasteiger partial charge in [0, 0.05) is 12.8 Å². The molecule has 0 bridgehead atoms. The highest BCUT2D eigenvalue weighted by atomic mass is 16.6. The van der Waals surface area contributed by atoms with Gasteiger partial charge in [-0.25, -0.2) is 0 Å². The Morgan fingerprint density at radius 3 is 0.957 bits per heavy atom. The number of ether oxygens (including phenoxy) is 2. The maximum atomic E-state index is 12.2. The zero-order valence-corrected chi connectivity index (χ0v) is 31.1. The Kier molecular flexibility index (Phi) is 37.4. The molecule has 0 aromatic rings. The molecule has 5 nitrogen and oxygen atoms in total. The van der Waals surface area contributed by atoms with Gasteiger partial charge in [0.2, 0.25) is 0 Å². The summed E-state index contributed by atoms with van der Waals surface area (Å²) in [7, 11) is 0. The van der Waals surface area contributed by atoms with Crippen molar-refractivity contribution in [3.05, 3.63) is 0 Å². The Hall–Kier alpha value is -1.10. The first-order valence-corrected chi connectivity index (χ1v) is 20.6. The third-order valence-corrected chi connectivity index (χ3v) is 9.40. The number of carbonyl (C=O) groups is 2. The quantitative estimate of drug-likeness (QED) is 0.0531. The first-order chi connectivity index (χ1) is 22.6. The highest BCUT2D eigenvalue weighted by Crippen LogP contribution is 2.16. The molecule has 0 heterocycles. The van der Waals surface area contributed by atoms with Gasteiger partial charge in [-0.05, 0) is 12.8 Å². The standard InChI is InChI=1S/C41H80O5/c1-3-5-7-9-11-13-15-17-19-20-22-24-26-28-30-32-34-36-41(44)46-39(37-42)38-45-40(43)35-33-31-29-27-25-23-21-18-16-14-12-10-8-6-4-2/h39,42H,3-38H2,1-2H3. The molecule has 46 heavy (non-hydrogen) atoms. The number of hydrogen-bond donors (Lipinski definition) is 1. The number of aliphatic hydroxyl groups is 1. The number of carbonyl (C=O) groups excluding carboxylic acids is 2. The van der Waals surface area contributed by atoms with Crippen LogP contribution in [0.15, 0.2) is 0 Å². The molecule has 0 fully saturated rings. The molecule has 0 saturated carbocycles. The second kappa shape index (κ2) is 38.3. The molecular formula is C41H80O5. The molecule has 0 rings (SSSR count). The van der Waals surface area contributed by atoms with Crippen LogP contribution >= 0.6 is 0 Å². The van der Waals surface area contributed by atoms with E-state index in [1.54, 1.807) is 0 Å². The molecular weight excluding hydrogens is 572 g/mol. The van der Waals surface area contributed by atoms with Crippen LogP contribution in [0.4, 0.5) is 0 Å². The molecule has 1 N–H and O–H groups in total. The molecule has 0 aromatic carbocycles. The van der Waals surface area contributed by atoms with Gasteiger partial charge in [0.05, 0.1) is 6.61 Å². The van der Waals surface area contributed by atoms with Crippen molar-refractivity contribution in [3.8, 4) is 0 Å². The van der Waals surface area contributed by atoms with E-state index >= 15 is 0 Å². The highest BCUT2D eigenvalue weighted by Gasteiger charge is 2.16. The summed E-state index contributed by atoms with van der Waals surface area (Å²) < 4.78 is 10.6. The fourth-order valence-corrected chi connectivity index (χ4v) is 6.26. The molecule has 1 unspecified atom stereocenters. The minimum Gasteiger partial charge on any atom is -0.462 e. The summed E-state index contributed by atoms with van der Waals surface area (Å²) >= 11 is 0. The fraction of sp³-hybridized carbons (Fsp3) is 0.951. The van der Waals surface area contributed by atoms with Crippen LogP contribution in [0.1, 0.15) is 232 Å². The maximum Gasteiger partial charge on any atom is 0.306 e. The van der Waals surface area contributed by atoms with Gasteiger partial charge in [-0.15, -0.1) is 0 Å². The Morgan fingerprint density at radius 2 is 0.674 bits per heavy atom. The lowest BCUT2D eigenvalue weighted by Crippen LogP contribution is -2.28. The summed E-state index contributed by atoms with van der Waals surface area (Å²) in [4.78, 5) is 24.3. The molecule has 0 aliphatic heterocycles. The van der Waals surface area contributed by atoms with Crippen LogP contribution in [-0.4, -0.2) is 36.4 Å². The average Bonchev–Trinajstić information content (AvgIpc) is 3.06. The lowest BCUT2D eigenvalue weighted by molar-refractivity contribution is -0.161. The minimum absolute atomic E-state index is 0.0567. The zero-order valence-electron chi connectivity index (χ0n) is 31.1. The van der Waals surface area contributed by atoms with Gasteiger partial charge in [-0.3, -0.25) is 9.59 Å². The van der Waals surface area contributed by atoms with E-state index in [1.807, 2.05) is 0 Å². The Balaban J connectivity index is 3.48. The van der Waals surface area contributed by atoms with E-state index in [4.69, 9.17) is 9.47 Å². The Morgan fingerprint density at radius 1 is 0.413 bits per heavy atom. The van der Waals surface area contributed by atoms with Crippen molar-refractivity contribution in [1.82, 2.24) is 0 Å². The highest BCUT2D eigenvalue weighted by molar-refractivity contribution is 5.70. The van der Waals surface area contributed by atoms with E-state index < -0.39 is 6.10 Å². The maximum absolute atomic E-state index is 12.2. The van der Waals surface area contributed by atoms with Crippen LogP contribution in [0.25, 0.3) is 0 Å². The summed E-state index contributed by atoms with van der Waals surface area (Å²) in [6.45, 7) is 4.17. The molecule has 0 saturated heterocycles. The second-order valence-corrected chi connectivity index (χ2v) is 14.1. The Labute approximate surface area is 287 Å². The van der Waals surface area contributed by atoms with Gasteiger partial charge < -0.3 is 14.6 Å². The molecule has 0 aliphatic carbocycles. The molecule has 0 aliphatic rings. The lowest BCUT2D eigenvalue weighted by atomic mass is 10.0. The van der Waals surface area contributed by atoms with Gasteiger partial charge in [-0.1, -0.05) is 206 Å². The first-order valence-electron chi connectivity index (χ1n) is 20.6. The van der Waals surface area contributed by atoms with Crippen molar-refractivity contribution < 1.29 is 24.2 Å². The van der Waals surface area contributed by atoms with Crippen molar-refractivity contribution >= 4 is 11.9 Å². The minimum atomic E-state index is -0.761. The van der Waals surface area contributed by atoms with E-state index in [-0.39, 0.29) is 25.2 Å². The van der Waals surface area contributed by atoms with Crippen LogP contribution in [0, 0.1) is 0 Å². The molecule has 274 valence electrons. The summed E-state index contributed by atoms with van der Waals surface area (Å²) in [5, 5.41) is 9.56. The van der Waals surface area contributed by atoms with Gasteiger partial charge in [0.15, 0.2) is 6.10 Å². The van der Waals surface area contributed by atoms with Gasteiger partial charge >= 0.3 is 11.9 Å². The molecule has 0 radical (unpaired) electrons. The summed E-state index contributed by atoms with van der Waals surface area (Å²) in [5.74, 6) is -0.573. The van der Waals surface area contributed by atoms with Crippen LogP contribution in [0.3, 0.4) is 0 Å². The number of esters is 2. The normalized spacial score (nSPS) is 12.0. The monoisotopic (exact) mass is 653 g/mol. The zero-order chi connectivity index (χ0) is 33.6. The smallest absolute Gasteiger partial charge is 0.306 e. The lowest BCUT2D eigenvalue weighted by Gasteiger charge is -2.15. The second-order valence-electron chi connectivity index (χ2n) is 14.1. The van der Waals surface area contributed by atoms with E-state index in [1.165, 1.54) is 173 Å². The van der Waals surface area contributed by atoms with Crippen LogP contribution < -0.4 is 0 Å². The number of rotatable bonds is 38. The number of unbranched alkanes of at least 4 members (excludes halogenated alkanes) is 30. The van der Waals surface area contributed by atoms with Crippen LogP contribution in [-0.2, 0) is 19.1 Å². The first kappa shape index (κ1) is 44.9. The molecule has 0 amide bonds. The van der Waals surface area contributed by atoms with Gasteiger partial charge in [0.25, 0.3) is 0 Å². The summed E-state index contributed by atoms with van der Waals surface area (Å²) in [6, 6.07) is 0. The molecule has 0 aromatic heterocycles. The fourth-order valence-electron chi connectivity index (χ4n) is 6.26. The predicted molar refractivity (Wildman–Crippen MR) is 196 cm³/mol. The van der Waals surface area contributed by atoms with Crippen LogP contribution in [0.2, 0.25) is 0 Å². The third-order valence-electron chi connectivity index (χ3n) is 9.40. The van der Waals surface area contributed by atoms with Crippen molar-refractivity contribution in [2.24, 2.45) is 0 Å². The predicted octanol–water partition coefficient (Wildman–Crippen LogP) is 12.7. The van der Waals surface area contributed by atoms with Crippen molar-refractivity contribution in [3.63, 3.8) is 0 Å².